The van der Waals surface area contributed by atoms with Crippen LogP contribution < -0.4 is 5.32 Å². The fraction of sp³-hybridized carbons (Fsp3) is 0.500. The van der Waals surface area contributed by atoms with Crippen molar-refractivity contribution in [2.24, 2.45) is 5.41 Å². The van der Waals surface area contributed by atoms with Crippen molar-refractivity contribution >= 4 is 5.91 Å². The predicted octanol–water partition coefficient (Wildman–Crippen LogP) is 3.61. The molecule has 1 saturated heterocycles. The van der Waals surface area contributed by atoms with Gasteiger partial charge in [0.25, 0.3) is 0 Å². The van der Waals surface area contributed by atoms with E-state index in [9.17, 15) is 9.18 Å². The molecule has 1 fully saturated rings. The molecule has 5 nitrogen and oxygen atoms in total. The van der Waals surface area contributed by atoms with E-state index in [2.05, 4.69) is 36.1 Å². The van der Waals surface area contributed by atoms with Crippen LogP contribution in [0.15, 0.2) is 34.9 Å². The molecular weight excluding hydrogens is 333 g/mol. The second kappa shape index (κ2) is 7.19. The highest BCUT2D eigenvalue weighted by Gasteiger charge is 2.33. The molecule has 0 aliphatic carbocycles. The molecule has 1 aliphatic rings. The zero-order chi connectivity index (χ0) is 18.9. The van der Waals surface area contributed by atoms with Crippen LogP contribution in [0.25, 0.3) is 11.3 Å². The summed E-state index contributed by atoms with van der Waals surface area (Å²) in [7, 11) is 0. The van der Waals surface area contributed by atoms with E-state index in [0.717, 1.165) is 18.5 Å². The monoisotopic (exact) mass is 359 g/mol. The summed E-state index contributed by atoms with van der Waals surface area (Å²) in [5.41, 5.74) is 1.61. The molecule has 6 heteroatoms. The Morgan fingerprint density at radius 2 is 2.00 bits per heavy atom. The van der Waals surface area contributed by atoms with Gasteiger partial charge in [0.1, 0.15) is 11.5 Å². The fourth-order valence-electron chi connectivity index (χ4n) is 3.38. The smallest absolute Gasteiger partial charge is 0.237 e. The summed E-state index contributed by atoms with van der Waals surface area (Å²) in [6.07, 6.45) is 0.916. The van der Waals surface area contributed by atoms with Crippen LogP contribution in [0, 0.1) is 11.2 Å². The van der Waals surface area contributed by atoms with Crippen LogP contribution in [-0.4, -0.2) is 34.6 Å². The number of piperazine rings is 1. The van der Waals surface area contributed by atoms with Crippen molar-refractivity contribution in [2.45, 2.75) is 52.7 Å². The van der Waals surface area contributed by atoms with Gasteiger partial charge < -0.3 is 9.84 Å². The quantitative estimate of drug-likeness (QED) is 0.906. The lowest BCUT2D eigenvalue weighted by molar-refractivity contribution is -0.130. The Kier molecular flexibility index (Phi) is 5.14. The highest BCUT2D eigenvalue weighted by molar-refractivity contribution is 5.82. The Balaban J connectivity index is 1.70. The summed E-state index contributed by atoms with van der Waals surface area (Å²) < 4.78 is 18.5. The Labute approximate surface area is 153 Å². The third-order valence-corrected chi connectivity index (χ3v) is 4.65. The van der Waals surface area contributed by atoms with Gasteiger partial charge in [0.05, 0.1) is 12.6 Å². The maximum absolute atomic E-state index is 13.1. The van der Waals surface area contributed by atoms with E-state index in [0.29, 0.717) is 18.0 Å². The van der Waals surface area contributed by atoms with E-state index >= 15 is 0 Å². The molecule has 2 aromatic rings. The average Bonchev–Trinajstić information content (AvgIpc) is 3.00. The minimum atomic E-state index is -0.282. The molecule has 2 atom stereocenters. The Morgan fingerprint density at radius 3 is 2.65 bits per heavy atom. The summed E-state index contributed by atoms with van der Waals surface area (Å²) >= 11 is 0. The minimum absolute atomic E-state index is 0.0452. The first kappa shape index (κ1) is 18.6. The van der Waals surface area contributed by atoms with E-state index in [1.54, 1.807) is 12.1 Å². The number of hydrogen-bond donors (Lipinski definition) is 1. The maximum Gasteiger partial charge on any atom is 0.237 e. The lowest BCUT2D eigenvalue weighted by atomic mass is 9.87. The molecule has 1 aromatic heterocycles. The van der Waals surface area contributed by atoms with Gasteiger partial charge in [-0.05, 0) is 43.0 Å². The molecule has 0 saturated carbocycles. The van der Waals surface area contributed by atoms with Crippen LogP contribution >= 0.6 is 0 Å². The lowest BCUT2D eigenvalue weighted by Gasteiger charge is -2.39. The first-order chi connectivity index (χ1) is 12.2. The van der Waals surface area contributed by atoms with Crippen molar-refractivity contribution in [2.75, 3.05) is 6.54 Å². The largest absolute Gasteiger partial charge is 0.359 e. The minimum Gasteiger partial charge on any atom is -0.359 e. The van der Waals surface area contributed by atoms with Crippen molar-refractivity contribution in [3.8, 4) is 11.3 Å². The molecule has 0 spiro atoms. The molecule has 3 rings (SSSR count). The topological polar surface area (TPSA) is 58.4 Å². The Bertz CT molecular complexity index is 764. The number of carbonyl (C=O) groups excluding carboxylic acids is 1. The number of halogens is 1. The number of aromatic nitrogens is 1. The highest BCUT2D eigenvalue weighted by atomic mass is 19.1. The summed E-state index contributed by atoms with van der Waals surface area (Å²) in [5.74, 6) is 0.458. The molecule has 26 heavy (non-hydrogen) atoms. The van der Waals surface area contributed by atoms with Gasteiger partial charge in [-0.15, -0.1) is 0 Å². The van der Waals surface area contributed by atoms with E-state index in [1.165, 1.54) is 12.1 Å². The third-order valence-electron chi connectivity index (χ3n) is 4.65. The molecule has 1 aromatic carbocycles. The van der Waals surface area contributed by atoms with Crippen LogP contribution in [0.2, 0.25) is 0 Å². The zero-order valence-electron chi connectivity index (χ0n) is 15.8. The normalized spacial score (nSPS) is 21.7. The number of nitrogens with one attached hydrogen (secondary N) is 1. The number of carbonyl (C=O) groups is 1. The van der Waals surface area contributed by atoms with Gasteiger partial charge in [-0.3, -0.25) is 9.69 Å². The van der Waals surface area contributed by atoms with Gasteiger partial charge in [-0.1, -0.05) is 25.9 Å². The average molecular weight is 359 g/mol. The van der Waals surface area contributed by atoms with Crippen molar-refractivity contribution in [1.29, 1.82) is 0 Å². The number of amides is 1. The Morgan fingerprint density at radius 1 is 1.31 bits per heavy atom. The lowest BCUT2D eigenvalue weighted by Crippen LogP contribution is -2.59. The number of hydrogen-bond acceptors (Lipinski definition) is 4. The first-order valence-electron chi connectivity index (χ1n) is 8.97. The molecule has 0 bridgehead atoms. The molecule has 1 amide bonds. The van der Waals surface area contributed by atoms with Crippen molar-refractivity contribution < 1.29 is 13.7 Å². The van der Waals surface area contributed by atoms with Crippen LogP contribution in [0.3, 0.4) is 0 Å². The zero-order valence-corrected chi connectivity index (χ0v) is 15.8. The Hall–Kier alpha value is -2.21. The molecule has 0 radical (unpaired) electrons. The number of rotatable bonds is 4. The standard InChI is InChI=1S/C20H26FN3O2/c1-13-19(25)22-16(10-20(2,3)4)11-24(13)12-17-9-18(23-26-17)14-5-7-15(21)8-6-14/h5-9,13,16H,10-12H2,1-4H3,(H,22,25). The van der Waals surface area contributed by atoms with E-state index < -0.39 is 0 Å². The second-order valence-electron chi connectivity index (χ2n) is 8.26. The molecule has 2 heterocycles. The van der Waals surface area contributed by atoms with Gasteiger partial charge in [0.2, 0.25) is 5.91 Å². The molecule has 1 N–H and O–H groups in total. The van der Waals surface area contributed by atoms with Crippen LogP contribution in [-0.2, 0) is 11.3 Å². The van der Waals surface area contributed by atoms with E-state index in [-0.39, 0.29) is 29.2 Å². The van der Waals surface area contributed by atoms with E-state index in [1.807, 2.05) is 13.0 Å². The third kappa shape index (κ3) is 4.49. The summed E-state index contributed by atoms with van der Waals surface area (Å²) in [4.78, 5) is 14.4. The van der Waals surface area contributed by atoms with Crippen molar-refractivity contribution in [3.63, 3.8) is 0 Å². The fourth-order valence-corrected chi connectivity index (χ4v) is 3.38. The van der Waals surface area contributed by atoms with Crippen LogP contribution in [0.5, 0.6) is 0 Å². The number of benzene rings is 1. The van der Waals surface area contributed by atoms with Gasteiger partial charge in [-0.25, -0.2) is 4.39 Å². The van der Waals surface area contributed by atoms with Gasteiger partial charge in [0, 0.05) is 24.2 Å². The van der Waals surface area contributed by atoms with Crippen molar-refractivity contribution in [3.05, 3.63) is 41.9 Å². The molecular formula is C20H26FN3O2. The van der Waals surface area contributed by atoms with Gasteiger partial charge >= 0.3 is 0 Å². The summed E-state index contributed by atoms with van der Waals surface area (Å²) in [6.45, 7) is 9.72. The van der Waals surface area contributed by atoms with Crippen molar-refractivity contribution in [1.82, 2.24) is 15.4 Å². The van der Waals surface area contributed by atoms with E-state index in [4.69, 9.17) is 4.52 Å². The number of nitrogens with zero attached hydrogens (tertiary/aromatic N) is 2. The SMILES string of the molecule is CC1C(=O)NC(CC(C)(C)C)CN1Cc1cc(-c2ccc(F)cc2)no1. The molecule has 140 valence electrons. The summed E-state index contributed by atoms with van der Waals surface area (Å²) in [5, 5.41) is 7.19. The predicted molar refractivity (Wildman–Crippen MR) is 97.8 cm³/mol. The van der Waals surface area contributed by atoms with Gasteiger partial charge in [0.15, 0.2) is 5.76 Å². The molecule has 2 unspecified atom stereocenters. The van der Waals surface area contributed by atoms with Gasteiger partial charge in [-0.2, -0.15) is 0 Å². The first-order valence-corrected chi connectivity index (χ1v) is 8.97. The van der Waals surface area contributed by atoms with Crippen LogP contribution in [0.4, 0.5) is 4.39 Å². The highest BCUT2D eigenvalue weighted by Crippen LogP contribution is 2.25. The maximum atomic E-state index is 13.1. The summed E-state index contributed by atoms with van der Waals surface area (Å²) in [6, 6.07) is 7.91. The molecule has 1 aliphatic heterocycles. The second-order valence-corrected chi connectivity index (χ2v) is 8.26. The van der Waals surface area contributed by atoms with Crippen LogP contribution in [0.1, 0.15) is 39.9 Å².